The van der Waals surface area contributed by atoms with Crippen LogP contribution in [-0.4, -0.2) is 52.4 Å². The van der Waals surface area contributed by atoms with Gasteiger partial charge in [0.05, 0.1) is 18.8 Å². The maximum atomic E-state index is 12.8. The van der Waals surface area contributed by atoms with Gasteiger partial charge in [0.25, 0.3) is 0 Å². The fourth-order valence-corrected chi connectivity index (χ4v) is 7.08. The SMILES string of the molecule is CCCC[C@H](C)[C@H](O)CC(=O)CCC[C@@H](C[C@H](CCO[Si](C)(C)C(C)(C)C)OCc1ccccc1)O[Si](C)(C)C(C)(C)C. The molecule has 0 aromatic heterocycles. The summed E-state index contributed by atoms with van der Waals surface area (Å²) in [5.41, 5.74) is 1.16. The van der Waals surface area contributed by atoms with Crippen LogP contribution in [0.25, 0.3) is 0 Å². The third-order valence-corrected chi connectivity index (χ3v) is 19.0. The maximum absolute atomic E-state index is 12.8. The van der Waals surface area contributed by atoms with Crippen LogP contribution in [0.3, 0.4) is 0 Å². The van der Waals surface area contributed by atoms with Crippen LogP contribution < -0.4 is 0 Å². The summed E-state index contributed by atoms with van der Waals surface area (Å²) in [5, 5.41) is 10.8. The third-order valence-electron chi connectivity index (χ3n) is 9.92. The van der Waals surface area contributed by atoms with E-state index in [1.807, 2.05) is 6.07 Å². The zero-order valence-electron chi connectivity index (χ0n) is 30.1. The van der Waals surface area contributed by atoms with E-state index in [1.54, 1.807) is 0 Å². The first-order valence-corrected chi connectivity index (χ1v) is 22.8. The molecule has 0 spiro atoms. The number of Topliss-reactive ketones (excluding diaryl/α,β-unsaturated/α-hetero) is 1. The number of rotatable bonds is 21. The van der Waals surface area contributed by atoms with Gasteiger partial charge in [-0.3, -0.25) is 4.79 Å². The number of ether oxygens (including phenoxy) is 1. The van der Waals surface area contributed by atoms with Gasteiger partial charge in [-0.2, -0.15) is 0 Å². The summed E-state index contributed by atoms with van der Waals surface area (Å²) < 4.78 is 20.1. The van der Waals surface area contributed by atoms with Crippen molar-refractivity contribution in [2.45, 2.75) is 174 Å². The summed E-state index contributed by atoms with van der Waals surface area (Å²) in [5.74, 6) is 0.316. The zero-order chi connectivity index (χ0) is 32.9. The van der Waals surface area contributed by atoms with E-state index in [0.29, 0.717) is 19.6 Å². The maximum Gasteiger partial charge on any atom is 0.192 e. The Bertz CT molecular complexity index is 904. The monoisotopic (exact) mass is 636 g/mol. The minimum atomic E-state index is -2.04. The van der Waals surface area contributed by atoms with E-state index in [-0.39, 0.29) is 40.4 Å². The van der Waals surface area contributed by atoms with Gasteiger partial charge < -0.3 is 18.7 Å². The average molecular weight is 637 g/mol. The molecule has 0 aliphatic carbocycles. The Morgan fingerprint density at radius 3 is 2.02 bits per heavy atom. The smallest absolute Gasteiger partial charge is 0.192 e. The molecular weight excluding hydrogens is 569 g/mol. The second-order valence-electron chi connectivity index (χ2n) is 15.9. The van der Waals surface area contributed by atoms with Crippen molar-refractivity contribution in [1.82, 2.24) is 0 Å². The molecule has 43 heavy (non-hydrogen) atoms. The van der Waals surface area contributed by atoms with E-state index in [9.17, 15) is 9.90 Å². The first-order chi connectivity index (χ1) is 19.8. The lowest BCUT2D eigenvalue weighted by Gasteiger charge is -2.40. The first-order valence-electron chi connectivity index (χ1n) is 17.0. The van der Waals surface area contributed by atoms with E-state index < -0.39 is 22.7 Å². The lowest BCUT2D eigenvalue weighted by atomic mass is 9.93. The second kappa shape index (κ2) is 18.3. The van der Waals surface area contributed by atoms with Crippen LogP contribution in [0.15, 0.2) is 30.3 Å². The predicted molar refractivity (Wildman–Crippen MR) is 188 cm³/mol. The van der Waals surface area contributed by atoms with Crippen LogP contribution in [0.1, 0.15) is 119 Å². The quantitative estimate of drug-likeness (QED) is 0.136. The highest BCUT2D eigenvalue weighted by Gasteiger charge is 2.40. The van der Waals surface area contributed by atoms with Crippen molar-refractivity contribution in [3.8, 4) is 0 Å². The fraction of sp³-hybridized carbons (Fsp3) is 0.806. The number of carbonyl (C=O) groups is 1. The Balaban J connectivity index is 2.98. The van der Waals surface area contributed by atoms with Crippen LogP contribution in [0.2, 0.25) is 36.3 Å². The molecule has 0 aliphatic rings. The topological polar surface area (TPSA) is 65.0 Å². The number of aliphatic hydroxyl groups excluding tert-OH is 1. The van der Waals surface area contributed by atoms with Crippen LogP contribution in [0, 0.1) is 5.92 Å². The van der Waals surface area contributed by atoms with Crippen LogP contribution in [-0.2, 0) is 25.0 Å². The Kier molecular flexibility index (Phi) is 17.1. The standard InChI is InChI=1S/C36H68O5Si2/c1-13-14-19-29(2)34(38)26-31(37)22-18-23-33(41-43(11,12)36(6,7)8)27-32(39-28-30-20-16-15-17-21-30)24-25-40-42(9,10)35(3,4)5/h15-17,20-21,29,32-34,38H,13-14,18-19,22-28H2,1-12H3/t29-,32-,33-,34+/m0/s1. The van der Waals surface area contributed by atoms with Crippen molar-refractivity contribution in [3.05, 3.63) is 35.9 Å². The Morgan fingerprint density at radius 2 is 1.47 bits per heavy atom. The second-order valence-corrected chi connectivity index (χ2v) is 25.4. The molecule has 0 unspecified atom stereocenters. The molecule has 4 atom stereocenters. The van der Waals surface area contributed by atoms with Crippen molar-refractivity contribution in [1.29, 1.82) is 0 Å². The number of ketones is 1. The molecule has 0 saturated heterocycles. The summed E-state index contributed by atoms with van der Waals surface area (Å²) in [6.07, 6.45) is 6.55. The summed E-state index contributed by atoms with van der Waals surface area (Å²) in [6.45, 7) is 28.3. The lowest BCUT2D eigenvalue weighted by molar-refractivity contribution is -0.121. The van der Waals surface area contributed by atoms with Gasteiger partial charge in [0.15, 0.2) is 16.6 Å². The Hall–Kier alpha value is -0.836. The van der Waals surface area contributed by atoms with Gasteiger partial charge in [-0.1, -0.05) is 98.6 Å². The molecule has 250 valence electrons. The molecule has 0 aliphatic heterocycles. The van der Waals surface area contributed by atoms with E-state index in [1.165, 1.54) is 0 Å². The number of hydrogen-bond acceptors (Lipinski definition) is 5. The Labute approximate surface area is 268 Å². The van der Waals surface area contributed by atoms with Gasteiger partial charge in [-0.05, 0) is 79.9 Å². The molecular formula is C36H68O5Si2. The van der Waals surface area contributed by atoms with Gasteiger partial charge in [-0.15, -0.1) is 0 Å². The van der Waals surface area contributed by atoms with E-state index >= 15 is 0 Å². The van der Waals surface area contributed by atoms with Gasteiger partial charge in [0, 0.05) is 25.6 Å². The predicted octanol–water partition coefficient (Wildman–Crippen LogP) is 10.1. The van der Waals surface area contributed by atoms with Gasteiger partial charge in [0.1, 0.15) is 5.78 Å². The minimum absolute atomic E-state index is 0.00307. The normalized spacial score (nSPS) is 16.1. The minimum Gasteiger partial charge on any atom is -0.417 e. The zero-order valence-corrected chi connectivity index (χ0v) is 32.1. The van der Waals surface area contributed by atoms with Crippen molar-refractivity contribution < 1.29 is 23.5 Å². The molecule has 0 fully saturated rings. The van der Waals surface area contributed by atoms with Crippen molar-refractivity contribution in [3.63, 3.8) is 0 Å². The molecule has 1 aromatic carbocycles. The molecule has 0 saturated carbocycles. The molecule has 1 N–H and O–H groups in total. The summed E-state index contributed by atoms with van der Waals surface area (Å²) >= 11 is 0. The highest BCUT2D eigenvalue weighted by Crippen LogP contribution is 2.39. The largest absolute Gasteiger partial charge is 0.417 e. The van der Waals surface area contributed by atoms with Crippen molar-refractivity contribution in [2.24, 2.45) is 5.92 Å². The molecule has 1 rings (SSSR count). The average Bonchev–Trinajstić information content (AvgIpc) is 2.89. The van der Waals surface area contributed by atoms with Crippen LogP contribution >= 0.6 is 0 Å². The van der Waals surface area contributed by atoms with E-state index in [0.717, 1.165) is 50.5 Å². The molecule has 5 nitrogen and oxygen atoms in total. The van der Waals surface area contributed by atoms with E-state index in [4.69, 9.17) is 13.6 Å². The summed E-state index contributed by atoms with van der Waals surface area (Å²) in [6, 6.07) is 10.3. The highest BCUT2D eigenvalue weighted by molar-refractivity contribution is 6.74. The molecule has 0 radical (unpaired) electrons. The molecule has 1 aromatic rings. The summed E-state index contributed by atoms with van der Waals surface area (Å²) in [4.78, 5) is 12.8. The van der Waals surface area contributed by atoms with Crippen molar-refractivity contribution >= 4 is 22.4 Å². The number of carbonyl (C=O) groups excluding carboxylic acids is 1. The number of hydrogen-bond donors (Lipinski definition) is 1. The third kappa shape index (κ3) is 15.3. The summed E-state index contributed by atoms with van der Waals surface area (Å²) in [7, 11) is -3.91. The van der Waals surface area contributed by atoms with Crippen LogP contribution in [0.5, 0.6) is 0 Å². The van der Waals surface area contributed by atoms with Gasteiger partial charge in [-0.25, -0.2) is 0 Å². The van der Waals surface area contributed by atoms with Crippen molar-refractivity contribution in [2.75, 3.05) is 6.61 Å². The number of unbranched alkanes of at least 4 members (excludes halogenated alkanes) is 1. The van der Waals surface area contributed by atoms with Crippen LogP contribution in [0.4, 0.5) is 0 Å². The molecule has 0 heterocycles. The fourth-order valence-electron chi connectivity index (χ4n) is 4.61. The molecule has 0 bridgehead atoms. The van der Waals surface area contributed by atoms with E-state index in [2.05, 4.69) is 106 Å². The van der Waals surface area contributed by atoms with Gasteiger partial charge in [0.2, 0.25) is 0 Å². The number of aliphatic hydroxyl groups is 1. The van der Waals surface area contributed by atoms with Gasteiger partial charge >= 0.3 is 0 Å². The molecule has 7 heteroatoms. The molecule has 0 amide bonds. The highest BCUT2D eigenvalue weighted by atomic mass is 28.4. The lowest BCUT2D eigenvalue weighted by Crippen LogP contribution is -2.45. The number of benzene rings is 1. The first kappa shape index (κ1) is 40.2. The Morgan fingerprint density at radius 1 is 0.860 bits per heavy atom.